The van der Waals surface area contributed by atoms with Gasteiger partial charge in [-0.2, -0.15) is 0 Å². The predicted molar refractivity (Wildman–Crippen MR) is 81.9 cm³/mol. The van der Waals surface area contributed by atoms with E-state index in [1.54, 1.807) is 12.1 Å². The van der Waals surface area contributed by atoms with Gasteiger partial charge >= 0.3 is 0 Å². The summed E-state index contributed by atoms with van der Waals surface area (Å²) in [5.41, 5.74) is 3.33. The molecule has 0 atom stereocenters. The lowest BCUT2D eigenvalue weighted by Crippen LogP contribution is -1.95. The fraction of sp³-hybridized carbons (Fsp3) is 0.0526. The number of hydrogen-bond donors (Lipinski definition) is 0. The molecule has 0 aliphatic rings. The Labute approximate surface area is 126 Å². The third kappa shape index (κ3) is 2.50. The fourth-order valence-electron chi connectivity index (χ4n) is 2.52. The Bertz CT molecular complexity index is 838. The average molecular weight is 298 g/mol. The molecule has 0 bridgehead atoms. The SMILES string of the molecule is Cc1cccc(-c2ccccc2-c2ccc(F)c(F)c2F)c1. The van der Waals surface area contributed by atoms with Gasteiger partial charge in [-0.15, -0.1) is 0 Å². The molecule has 0 nitrogen and oxygen atoms in total. The second-order valence-corrected chi connectivity index (χ2v) is 5.14. The molecule has 3 heteroatoms. The quantitative estimate of drug-likeness (QED) is 0.529. The monoisotopic (exact) mass is 298 g/mol. The van der Waals surface area contributed by atoms with E-state index in [0.717, 1.165) is 22.8 Å². The van der Waals surface area contributed by atoms with Gasteiger partial charge in [0.1, 0.15) is 0 Å². The van der Waals surface area contributed by atoms with Crippen LogP contribution in [0.15, 0.2) is 60.7 Å². The van der Waals surface area contributed by atoms with Crippen LogP contribution in [0.2, 0.25) is 0 Å². The Balaban J connectivity index is 2.24. The van der Waals surface area contributed by atoms with E-state index in [9.17, 15) is 13.2 Å². The van der Waals surface area contributed by atoms with E-state index in [4.69, 9.17) is 0 Å². The maximum atomic E-state index is 14.1. The Hall–Kier alpha value is -2.55. The lowest BCUT2D eigenvalue weighted by Gasteiger charge is -2.12. The molecule has 0 saturated heterocycles. The molecule has 0 spiro atoms. The van der Waals surface area contributed by atoms with Crippen molar-refractivity contribution in [3.8, 4) is 22.3 Å². The summed E-state index contributed by atoms with van der Waals surface area (Å²) in [4.78, 5) is 0. The molecule has 0 aliphatic carbocycles. The van der Waals surface area contributed by atoms with Crippen molar-refractivity contribution in [2.45, 2.75) is 6.92 Å². The molecule has 0 saturated carbocycles. The third-order valence-electron chi connectivity index (χ3n) is 3.58. The highest BCUT2D eigenvalue weighted by Gasteiger charge is 2.17. The van der Waals surface area contributed by atoms with Crippen LogP contribution in [-0.2, 0) is 0 Å². The molecule has 3 aromatic rings. The van der Waals surface area contributed by atoms with Gasteiger partial charge in [-0.05, 0) is 35.7 Å². The summed E-state index contributed by atoms with van der Waals surface area (Å²) >= 11 is 0. The highest BCUT2D eigenvalue weighted by atomic mass is 19.2. The van der Waals surface area contributed by atoms with E-state index in [1.807, 2.05) is 43.3 Å². The molecule has 0 fully saturated rings. The second-order valence-electron chi connectivity index (χ2n) is 5.14. The summed E-state index contributed by atoms with van der Waals surface area (Å²) in [6, 6.07) is 17.1. The third-order valence-corrected chi connectivity index (χ3v) is 3.58. The normalized spacial score (nSPS) is 10.7. The maximum Gasteiger partial charge on any atom is 0.195 e. The van der Waals surface area contributed by atoms with Crippen LogP contribution in [0, 0.1) is 24.4 Å². The Morgan fingerprint density at radius 2 is 1.36 bits per heavy atom. The van der Waals surface area contributed by atoms with E-state index >= 15 is 0 Å². The minimum absolute atomic E-state index is 0.0519. The van der Waals surface area contributed by atoms with Gasteiger partial charge in [0.05, 0.1) is 0 Å². The van der Waals surface area contributed by atoms with Crippen LogP contribution in [0.1, 0.15) is 5.56 Å². The standard InChI is InChI=1S/C19H13F3/c1-12-5-4-6-13(11-12)14-7-2-3-8-15(14)16-9-10-17(20)19(22)18(16)21/h2-11H,1H3. The summed E-state index contributed by atoms with van der Waals surface area (Å²) in [6.45, 7) is 1.96. The molecule has 0 radical (unpaired) electrons. The summed E-state index contributed by atoms with van der Waals surface area (Å²) in [6.07, 6.45) is 0. The first kappa shape index (κ1) is 14.4. The van der Waals surface area contributed by atoms with E-state index in [1.165, 1.54) is 6.07 Å². The summed E-state index contributed by atoms with van der Waals surface area (Å²) < 4.78 is 40.8. The van der Waals surface area contributed by atoms with E-state index in [-0.39, 0.29) is 5.56 Å². The molecule has 0 aliphatic heterocycles. The average Bonchev–Trinajstić information content (AvgIpc) is 2.53. The lowest BCUT2D eigenvalue weighted by atomic mass is 9.93. The molecule has 0 heterocycles. The largest absolute Gasteiger partial charge is 0.204 e. The Morgan fingerprint density at radius 3 is 2.09 bits per heavy atom. The van der Waals surface area contributed by atoms with Crippen LogP contribution in [0.5, 0.6) is 0 Å². The summed E-state index contributed by atoms with van der Waals surface area (Å²) in [5.74, 6) is -3.80. The van der Waals surface area contributed by atoms with Gasteiger partial charge in [0.15, 0.2) is 17.5 Å². The van der Waals surface area contributed by atoms with Gasteiger partial charge in [0.25, 0.3) is 0 Å². The first-order chi connectivity index (χ1) is 10.6. The first-order valence-corrected chi connectivity index (χ1v) is 6.88. The predicted octanol–water partition coefficient (Wildman–Crippen LogP) is 5.75. The van der Waals surface area contributed by atoms with Gasteiger partial charge in [0.2, 0.25) is 0 Å². The number of rotatable bonds is 2. The maximum absolute atomic E-state index is 14.1. The van der Waals surface area contributed by atoms with Crippen LogP contribution in [0.3, 0.4) is 0 Å². The van der Waals surface area contributed by atoms with Crippen LogP contribution in [-0.4, -0.2) is 0 Å². The van der Waals surface area contributed by atoms with Crippen molar-refractivity contribution in [2.75, 3.05) is 0 Å². The first-order valence-electron chi connectivity index (χ1n) is 6.88. The zero-order valence-electron chi connectivity index (χ0n) is 11.9. The van der Waals surface area contributed by atoms with Gasteiger partial charge in [-0.1, -0.05) is 54.1 Å². The van der Waals surface area contributed by atoms with Gasteiger partial charge < -0.3 is 0 Å². The smallest absolute Gasteiger partial charge is 0.195 e. The van der Waals surface area contributed by atoms with Crippen molar-refractivity contribution in [3.63, 3.8) is 0 Å². The van der Waals surface area contributed by atoms with Gasteiger partial charge in [-0.3, -0.25) is 0 Å². The zero-order valence-corrected chi connectivity index (χ0v) is 11.9. The van der Waals surface area contributed by atoms with E-state index in [2.05, 4.69) is 0 Å². The number of benzene rings is 3. The van der Waals surface area contributed by atoms with Crippen molar-refractivity contribution < 1.29 is 13.2 Å². The highest BCUT2D eigenvalue weighted by Crippen LogP contribution is 2.34. The highest BCUT2D eigenvalue weighted by molar-refractivity contribution is 5.83. The van der Waals surface area contributed by atoms with Crippen molar-refractivity contribution in [3.05, 3.63) is 83.7 Å². The van der Waals surface area contributed by atoms with Crippen molar-refractivity contribution in [1.82, 2.24) is 0 Å². The molecular formula is C19H13F3. The van der Waals surface area contributed by atoms with Crippen LogP contribution in [0.25, 0.3) is 22.3 Å². The van der Waals surface area contributed by atoms with Gasteiger partial charge in [0, 0.05) is 5.56 Å². The summed E-state index contributed by atoms with van der Waals surface area (Å²) in [5, 5.41) is 0. The van der Waals surface area contributed by atoms with Crippen molar-refractivity contribution in [2.24, 2.45) is 0 Å². The molecule has 3 rings (SSSR count). The van der Waals surface area contributed by atoms with Crippen LogP contribution in [0.4, 0.5) is 13.2 Å². The molecule has 0 unspecified atom stereocenters. The molecule has 22 heavy (non-hydrogen) atoms. The second kappa shape index (κ2) is 5.68. The molecule has 0 aromatic heterocycles. The van der Waals surface area contributed by atoms with Crippen molar-refractivity contribution >= 4 is 0 Å². The number of hydrogen-bond acceptors (Lipinski definition) is 0. The number of halogens is 3. The minimum Gasteiger partial charge on any atom is -0.204 e. The lowest BCUT2D eigenvalue weighted by molar-refractivity contribution is 0.449. The number of aryl methyl sites for hydroxylation is 1. The Morgan fingerprint density at radius 1 is 0.636 bits per heavy atom. The van der Waals surface area contributed by atoms with E-state index < -0.39 is 17.5 Å². The van der Waals surface area contributed by atoms with Crippen LogP contribution < -0.4 is 0 Å². The molecule has 0 N–H and O–H groups in total. The molecular weight excluding hydrogens is 285 g/mol. The van der Waals surface area contributed by atoms with Gasteiger partial charge in [-0.25, -0.2) is 13.2 Å². The fourth-order valence-corrected chi connectivity index (χ4v) is 2.52. The molecule has 3 aromatic carbocycles. The topological polar surface area (TPSA) is 0 Å². The summed E-state index contributed by atoms with van der Waals surface area (Å²) in [7, 11) is 0. The zero-order chi connectivity index (χ0) is 15.7. The minimum atomic E-state index is -1.45. The van der Waals surface area contributed by atoms with Crippen molar-refractivity contribution in [1.29, 1.82) is 0 Å². The molecule has 110 valence electrons. The van der Waals surface area contributed by atoms with Crippen LogP contribution >= 0.6 is 0 Å². The van der Waals surface area contributed by atoms with E-state index in [0.29, 0.717) is 5.56 Å². The molecule has 0 amide bonds. The Kier molecular flexibility index (Phi) is 3.72.